The number of anilines is 1. The first-order valence-electron chi connectivity index (χ1n) is 18.8. The minimum absolute atomic E-state index is 0.0518. The van der Waals surface area contributed by atoms with Gasteiger partial charge in [-0.1, -0.05) is 57.8 Å². The number of halogens is 2. The number of nitrogens with zero attached hydrogens (tertiary/aromatic N) is 8. The van der Waals surface area contributed by atoms with Crippen molar-refractivity contribution in [2.45, 2.75) is 26.3 Å². The Hall–Kier alpha value is -7.96. The molecular formula is C43H28Cl2N8O10. The molecule has 9 aromatic rings. The summed E-state index contributed by atoms with van der Waals surface area (Å²) in [5.41, 5.74) is -0.959. The summed E-state index contributed by atoms with van der Waals surface area (Å²) in [5, 5.41) is 32.9. The van der Waals surface area contributed by atoms with E-state index in [1.54, 1.807) is 62.4 Å². The summed E-state index contributed by atoms with van der Waals surface area (Å²) in [6.45, 7) is 3.14. The molecule has 0 saturated heterocycles. The van der Waals surface area contributed by atoms with Crippen molar-refractivity contribution in [3.05, 3.63) is 155 Å². The monoisotopic (exact) mass is 886 g/mol. The van der Waals surface area contributed by atoms with E-state index >= 15 is 0 Å². The number of nitro benzene ring substituents is 1. The molecule has 0 radical (unpaired) electrons. The van der Waals surface area contributed by atoms with Crippen molar-refractivity contribution in [1.82, 2.24) is 29.4 Å². The van der Waals surface area contributed by atoms with Crippen LogP contribution >= 0.6 is 23.2 Å². The van der Waals surface area contributed by atoms with Gasteiger partial charge < -0.3 is 18.9 Å². The summed E-state index contributed by atoms with van der Waals surface area (Å²) in [6, 6.07) is 20.0. The molecule has 0 bridgehead atoms. The minimum atomic E-state index is -1.99. The van der Waals surface area contributed by atoms with Gasteiger partial charge in [-0.3, -0.25) is 38.5 Å². The van der Waals surface area contributed by atoms with Crippen LogP contribution in [-0.2, 0) is 16.0 Å². The first-order valence-corrected chi connectivity index (χ1v) is 19.5. The average molecular weight is 888 g/mol. The molecule has 0 aliphatic heterocycles. The lowest BCUT2D eigenvalue weighted by Crippen LogP contribution is -2.41. The van der Waals surface area contributed by atoms with E-state index in [0.717, 1.165) is 17.0 Å². The second kappa shape index (κ2) is 15.5. The van der Waals surface area contributed by atoms with E-state index in [1.165, 1.54) is 46.6 Å². The second-order valence-corrected chi connectivity index (χ2v) is 15.0. The molecule has 0 aliphatic carbocycles. The van der Waals surface area contributed by atoms with Crippen LogP contribution in [-0.4, -0.2) is 58.4 Å². The molecule has 63 heavy (non-hydrogen) atoms. The normalized spacial score (nSPS) is 12.0. The number of ether oxygens (including phenoxy) is 1. The smallest absolute Gasteiger partial charge is 0.333 e. The molecule has 20 heteroatoms. The number of aliphatic carboxylic acids is 1. The highest BCUT2D eigenvalue weighted by atomic mass is 35.5. The Morgan fingerprint density at radius 2 is 1.33 bits per heavy atom. The van der Waals surface area contributed by atoms with E-state index in [9.17, 15) is 34.4 Å². The minimum Gasteiger partial charge on any atom is -0.495 e. The third-order valence-electron chi connectivity index (χ3n) is 10.5. The summed E-state index contributed by atoms with van der Waals surface area (Å²) in [5.74, 6) is -2.12. The van der Waals surface area contributed by atoms with Crippen LogP contribution in [0.4, 0.5) is 11.4 Å². The zero-order valence-corrected chi connectivity index (χ0v) is 34.4. The van der Waals surface area contributed by atoms with Crippen molar-refractivity contribution in [2.24, 2.45) is 0 Å². The maximum Gasteiger partial charge on any atom is 0.333 e. The number of carboxylic acids is 1. The topological polar surface area (TPSA) is 232 Å². The summed E-state index contributed by atoms with van der Waals surface area (Å²) in [6.07, 6.45) is -0.600. The van der Waals surface area contributed by atoms with Gasteiger partial charge in [0.1, 0.15) is 50.7 Å². The summed E-state index contributed by atoms with van der Waals surface area (Å²) >= 11 is 13.2. The molecular weight excluding hydrogens is 859 g/mol. The molecule has 6 heterocycles. The van der Waals surface area contributed by atoms with Crippen molar-refractivity contribution in [3.8, 4) is 17.4 Å². The summed E-state index contributed by atoms with van der Waals surface area (Å²) in [4.78, 5) is 78.3. The van der Waals surface area contributed by atoms with Gasteiger partial charge in [0.25, 0.3) is 16.8 Å². The zero-order valence-electron chi connectivity index (χ0n) is 32.9. The van der Waals surface area contributed by atoms with Crippen LogP contribution in [0.15, 0.2) is 110 Å². The number of carboxylic acid groups (broad SMARTS) is 1. The highest BCUT2D eigenvalue weighted by Crippen LogP contribution is 2.39. The lowest BCUT2D eigenvalue weighted by atomic mass is 10.1. The third kappa shape index (κ3) is 6.59. The molecule has 0 aliphatic rings. The van der Waals surface area contributed by atoms with Crippen molar-refractivity contribution >= 4 is 90.1 Å². The average Bonchev–Trinajstić information content (AvgIpc) is 3.85. The van der Waals surface area contributed by atoms with E-state index < -0.39 is 46.1 Å². The maximum atomic E-state index is 14.9. The molecule has 6 aromatic heterocycles. The zero-order chi connectivity index (χ0) is 44.4. The molecule has 1 amide bonds. The van der Waals surface area contributed by atoms with Gasteiger partial charge >= 0.3 is 5.97 Å². The summed E-state index contributed by atoms with van der Waals surface area (Å²) in [7, 11) is 1.25. The number of hydrogen-bond acceptors (Lipinski definition) is 13. The number of amides is 1. The number of hydrogen-bond donors (Lipinski definition) is 1. The van der Waals surface area contributed by atoms with Gasteiger partial charge in [-0.25, -0.2) is 14.8 Å². The van der Waals surface area contributed by atoms with Crippen molar-refractivity contribution < 1.29 is 33.4 Å². The van der Waals surface area contributed by atoms with Crippen LogP contribution in [0.5, 0.6) is 5.75 Å². The third-order valence-corrected chi connectivity index (χ3v) is 11.1. The van der Waals surface area contributed by atoms with Gasteiger partial charge in [0.2, 0.25) is 5.91 Å². The largest absolute Gasteiger partial charge is 0.495 e. The van der Waals surface area contributed by atoms with Crippen LogP contribution in [0.2, 0.25) is 10.0 Å². The number of aromatic nitrogens is 6. The van der Waals surface area contributed by atoms with Gasteiger partial charge in [-0.05, 0) is 68.4 Å². The predicted octanol–water partition coefficient (Wildman–Crippen LogP) is 7.61. The predicted molar refractivity (Wildman–Crippen MR) is 231 cm³/mol. The number of methoxy groups -OCH3 is 1. The second-order valence-electron chi connectivity index (χ2n) is 14.2. The number of rotatable bonds is 10. The summed E-state index contributed by atoms with van der Waals surface area (Å²) < 4.78 is 18.8. The van der Waals surface area contributed by atoms with Gasteiger partial charge in [0.15, 0.2) is 6.04 Å². The van der Waals surface area contributed by atoms with Crippen LogP contribution in [0.1, 0.15) is 29.0 Å². The Bertz CT molecular complexity index is 3540. The van der Waals surface area contributed by atoms with Crippen molar-refractivity contribution in [1.29, 1.82) is 0 Å². The van der Waals surface area contributed by atoms with Crippen LogP contribution in [0.3, 0.4) is 0 Å². The van der Waals surface area contributed by atoms with Gasteiger partial charge in [-0.15, -0.1) is 0 Å². The molecule has 1 N–H and O–H groups in total. The SMILES string of the molecule is COc1ccc([N+](=O)[O-])cc1N(C(=O)Cc1cccc(-n2c(=O)c3c(C)onc3c3c(Cl)cccc32)n1)C(C(=O)O)c1cccc(-n2c(=O)c3c(C)onc3c3c(Cl)cccc32)n1. The van der Waals surface area contributed by atoms with Crippen LogP contribution in [0.25, 0.3) is 55.2 Å². The number of non-ortho nitro benzene ring substituents is 1. The number of nitro groups is 1. The quantitative estimate of drug-likeness (QED) is 0.103. The maximum absolute atomic E-state index is 14.9. The Kier molecular flexibility index (Phi) is 9.95. The fraction of sp³-hybridized carbons (Fsp3) is 0.116. The molecule has 1 unspecified atom stereocenters. The van der Waals surface area contributed by atoms with Gasteiger partial charge in [0, 0.05) is 22.9 Å². The van der Waals surface area contributed by atoms with Crippen molar-refractivity contribution in [3.63, 3.8) is 0 Å². The number of carbonyl (C=O) groups is 2. The standard InChI is InChI=1S/C43H28Cl2N8O10/c1-20-34-38(48-62-20)36-24(44)9-5-12-27(36)50(41(34)55)31-14-4-8-22(46-31)18-33(54)52(29-19-23(53(59)60)16-17-30(29)61-3)40(43(57)58)26-11-7-15-32(47-26)51-28-13-6-10-25(45)37(28)39-35(42(51)56)21(2)63-49-39/h4-17,19,40H,18H2,1-3H3,(H,57,58). The number of benzene rings is 3. The Morgan fingerprint density at radius 1 is 0.794 bits per heavy atom. The molecule has 0 saturated carbocycles. The molecule has 1 atom stereocenters. The number of aryl methyl sites for hydroxylation is 2. The molecule has 0 fully saturated rings. The first-order chi connectivity index (χ1) is 30.3. The van der Waals surface area contributed by atoms with E-state index in [4.69, 9.17) is 37.0 Å². The van der Waals surface area contributed by atoms with E-state index in [-0.39, 0.29) is 78.3 Å². The van der Waals surface area contributed by atoms with E-state index in [0.29, 0.717) is 21.3 Å². The highest BCUT2D eigenvalue weighted by Gasteiger charge is 2.37. The Morgan fingerprint density at radius 3 is 1.87 bits per heavy atom. The molecule has 9 rings (SSSR count). The van der Waals surface area contributed by atoms with E-state index in [1.807, 2.05) is 0 Å². The molecule has 18 nitrogen and oxygen atoms in total. The number of carbonyl (C=O) groups excluding carboxylic acids is 1. The molecule has 3 aromatic carbocycles. The fourth-order valence-corrected chi connectivity index (χ4v) is 8.29. The Labute approximate surface area is 362 Å². The van der Waals surface area contributed by atoms with Crippen LogP contribution in [0, 0.1) is 24.0 Å². The lowest BCUT2D eigenvalue weighted by molar-refractivity contribution is -0.384. The highest BCUT2D eigenvalue weighted by molar-refractivity contribution is 6.38. The lowest BCUT2D eigenvalue weighted by Gasteiger charge is -2.30. The van der Waals surface area contributed by atoms with Gasteiger partial charge in [0.05, 0.1) is 56.6 Å². The number of fused-ring (bicyclic) bond motifs is 6. The number of pyridine rings is 4. The van der Waals surface area contributed by atoms with E-state index in [2.05, 4.69) is 20.3 Å². The first kappa shape index (κ1) is 40.4. The fourth-order valence-electron chi connectivity index (χ4n) is 7.77. The molecule has 314 valence electrons. The molecule has 0 spiro atoms. The Balaban J connectivity index is 1.21. The van der Waals surface area contributed by atoms with Crippen LogP contribution < -0.4 is 20.8 Å². The van der Waals surface area contributed by atoms with Gasteiger partial charge in [-0.2, -0.15) is 0 Å². The van der Waals surface area contributed by atoms with Crippen molar-refractivity contribution in [2.75, 3.05) is 12.0 Å².